The molecule has 0 aliphatic carbocycles. The number of hydrogen-bond donors (Lipinski definition) is 2. The van der Waals surface area contributed by atoms with Gasteiger partial charge in [-0.3, -0.25) is 4.79 Å². The fourth-order valence-corrected chi connectivity index (χ4v) is 2.20. The van der Waals surface area contributed by atoms with Crippen molar-refractivity contribution in [3.05, 3.63) is 39.5 Å². The van der Waals surface area contributed by atoms with Gasteiger partial charge >= 0.3 is 5.97 Å². The molecule has 2 heterocycles. The zero-order valence-electron chi connectivity index (χ0n) is 9.53. The van der Waals surface area contributed by atoms with Crippen LogP contribution < -0.4 is 10.7 Å². The van der Waals surface area contributed by atoms with Crippen LogP contribution in [0, 0.1) is 0 Å². The van der Waals surface area contributed by atoms with E-state index in [1.54, 1.807) is 0 Å². The van der Waals surface area contributed by atoms with Crippen molar-refractivity contribution in [2.24, 2.45) is 0 Å². The van der Waals surface area contributed by atoms with Gasteiger partial charge in [0.25, 0.3) is 0 Å². The molecule has 5 nitrogen and oxygen atoms in total. The fourth-order valence-electron chi connectivity index (χ4n) is 2.20. The number of carboxylic acids is 1. The lowest BCUT2D eigenvalue weighted by atomic mass is 10.0. The molecule has 3 rings (SSSR count). The van der Waals surface area contributed by atoms with Gasteiger partial charge in [-0.05, 0) is 31.0 Å². The average molecular weight is 245 g/mol. The fraction of sp³-hybridized carbons (Fsp3) is 0.231. The lowest BCUT2D eigenvalue weighted by molar-refractivity contribution is 0.0697. The van der Waals surface area contributed by atoms with E-state index in [1.165, 1.54) is 18.2 Å². The number of fused-ring (bicyclic) bond motifs is 2. The summed E-state index contributed by atoms with van der Waals surface area (Å²) in [6.45, 7) is 0.786. The quantitative estimate of drug-likeness (QED) is 0.801. The number of anilines is 1. The molecular weight excluding hydrogens is 234 g/mol. The first-order chi connectivity index (χ1) is 8.66. The van der Waals surface area contributed by atoms with E-state index >= 15 is 0 Å². The smallest absolute Gasteiger partial charge is 0.335 e. The number of carboxylic acid groups (broad SMARTS) is 1. The highest BCUT2D eigenvalue weighted by molar-refractivity contribution is 5.93. The van der Waals surface area contributed by atoms with Crippen LogP contribution in [0.3, 0.4) is 0 Å². The first-order valence-corrected chi connectivity index (χ1v) is 5.74. The molecule has 2 N–H and O–H groups in total. The lowest BCUT2D eigenvalue weighted by Crippen LogP contribution is -2.20. The zero-order chi connectivity index (χ0) is 12.7. The molecule has 5 heteroatoms. The first-order valence-electron chi connectivity index (χ1n) is 5.74. The van der Waals surface area contributed by atoms with Gasteiger partial charge in [0.2, 0.25) is 5.88 Å². The molecule has 92 valence electrons. The van der Waals surface area contributed by atoms with Crippen LogP contribution in [-0.4, -0.2) is 17.6 Å². The van der Waals surface area contributed by atoms with Gasteiger partial charge < -0.3 is 14.8 Å². The summed E-state index contributed by atoms with van der Waals surface area (Å²) in [4.78, 5) is 23.2. The Labute approximate surface area is 102 Å². The van der Waals surface area contributed by atoms with E-state index in [9.17, 15) is 9.59 Å². The summed E-state index contributed by atoms with van der Waals surface area (Å²) in [6, 6.07) is 4.33. The number of benzene rings is 1. The molecule has 0 saturated carbocycles. The van der Waals surface area contributed by atoms with Crippen molar-refractivity contribution < 1.29 is 14.3 Å². The number of hydrogen-bond acceptors (Lipinski definition) is 4. The topological polar surface area (TPSA) is 79.5 Å². The second kappa shape index (κ2) is 3.87. The number of nitrogens with one attached hydrogen (secondary N) is 1. The minimum absolute atomic E-state index is 0.0959. The number of rotatable bonds is 1. The minimum atomic E-state index is -1.05. The standard InChI is InChI=1S/C13H11NO4/c15-11-8-2-1-5-14-12(8)18-10-4-3-7(13(16)17)6-9(10)11/h3-4,6,14H,1-2,5H2,(H,16,17). The Morgan fingerprint density at radius 2 is 2.22 bits per heavy atom. The maximum atomic E-state index is 12.3. The SMILES string of the molecule is O=C(O)c1ccc2oc3c(c(=O)c2c1)CCCN3. The summed E-state index contributed by atoms with van der Waals surface area (Å²) in [5, 5.41) is 12.3. The highest BCUT2D eigenvalue weighted by Crippen LogP contribution is 2.24. The number of carbonyl (C=O) groups is 1. The number of aromatic carboxylic acids is 1. The second-order valence-electron chi connectivity index (χ2n) is 4.29. The average Bonchev–Trinajstić information content (AvgIpc) is 2.38. The summed E-state index contributed by atoms with van der Waals surface area (Å²) in [7, 11) is 0. The van der Waals surface area contributed by atoms with Crippen molar-refractivity contribution >= 4 is 22.8 Å². The third kappa shape index (κ3) is 1.55. The zero-order valence-corrected chi connectivity index (χ0v) is 9.53. The Hall–Kier alpha value is -2.30. The van der Waals surface area contributed by atoms with Crippen LogP contribution in [0.1, 0.15) is 22.3 Å². The highest BCUT2D eigenvalue weighted by Gasteiger charge is 2.18. The summed E-state index contributed by atoms with van der Waals surface area (Å²) in [6.07, 6.45) is 1.54. The van der Waals surface area contributed by atoms with E-state index in [2.05, 4.69) is 5.32 Å². The van der Waals surface area contributed by atoms with Gasteiger partial charge in [-0.15, -0.1) is 0 Å². The molecule has 0 saturated heterocycles. The minimum Gasteiger partial charge on any atom is -0.478 e. The Kier molecular flexibility index (Phi) is 2.33. The molecule has 1 aliphatic rings. The summed E-state index contributed by atoms with van der Waals surface area (Å²) < 4.78 is 5.60. The van der Waals surface area contributed by atoms with Crippen LogP contribution >= 0.6 is 0 Å². The van der Waals surface area contributed by atoms with Crippen LogP contribution in [0.25, 0.3) is 11.0 Å². The largest absolute Gasteiger partial charge is 0.478 e. The van der Waals surface area contributed by atoms with Crippen LogP contribution in [0.15, 0.2) is 27.4 Å². The first kappa shape index (κ1) is 10.8. The highest BCUT2D eigenvalue weighted by atomic mass is 16.4. The van der Waals surface area contributed by atoms with Crippen molar-refractivity contribution in [2.75, 3.05) is 11.9 Å². The van der Waals surface area contributed by atoms with Crippen molar-refractivity contribution in [3.63, 3.8) is 0 Å². The molecule has 0 atom stereocenters. The summed E-state index contributed by atoms with van der Waals surface area (Å²) in [5.74, 6) is -0.533. The normalized spacial score (nSPS) is 14.0. The van der Waals surface area contributed by atoms with Crippen LogP contribution in [0.2, 0.25) is 0 Å². The molecule has 0 fully saturated rings. The third-order valence-electron chi connectivity index (χ3n) is 3.12. The third-order valence-corrected chi connectivity index (χ3v) is 3.12. The molecule has 0 amide bonds. The van der Waals surface area contributed by atoms with Gasteiger partial charge in [-0.1, -0.05) is 0 Å². The van der Waals surface area contributed by atoms with Gasteiger partial charge in [0.1, 0.15) is 5.58 Å². The van der Waals surface area contributed by atoms with Crippen LogP contribution in [0.4, 0.5) is 5.88 Å². The van der Waals surface area contributed by atoms with Crippen molar-refractivity contribution in [3.8, 4) is 0 Å². The van der Waals surface area contributed by atoms with Gasteiger partial charge in [0.05, 0.1) is 16.5 Å². The molecular formula is C13H11NO4. The van der Waals surface area contributed by atoms with Crippen molar-refractivity contribution in [1.29, 1.82) is 0 Å². The van der Waals surface area contributed by atoms with Gasteiger partial charge in [0, 0.05) is 6.54 Å². The predicted octanol–water partition coefficient (Wildman–Crippen LogP) is 1.85. The van der Waals surface area contributed by atoms with Crippen LogP contribution in [0.5, 0.6) is 0 Å². The Morgan fingerprint density at radius 3 is 3.00 bits per heavy atom. The molecule has 0 spiro atoms. The van der Waals surface area contributed by atoms with E-state index in [4.69, 9.17) is 9.52 Å². The Balaban J connectivity index is 2.33. The maximum Gasteiger partial charge on any atom is 0.335 e. The molecule has 0 bridgehead atoms. The molecule has 0 radical (unpaired) electrons. The van der Waals surface area contributed by atoms with E-state index in [-0.39, 0.29) is 11.0 Å². The molecule has 1 aromatic carbocycles. The monoisotopic (exact) mass is 245 g/mol. The second-order valence-corrected chi connectivity index (χ2v) is 4.29. The molecule has 18 heavy (non-hydrogen) atoms. The van der Waals surface area contributed by atoms with Gasteiger partial charge in [-0.25, -0.2) is 4.79 Å². The Morgan fingerprint density at radius 1 is 1.39 bits per heavy atom. The van der Waals surface area contributed by atoms with E-state index in [0.29, 0.717) is 28.8 Å². The molecule has 2 aromatic rings. The molecule has 1 aliphatic heterocycles. The molecule has 1 aromatic heterocycles. The predicted molar refractivity (Wildman–Crippen MR) is 66.3 cm³/mol. The van der Waals surface area contributed by atoms with Gasteiger partial charge in [0.15, 0.2) is 5.43 Å². The maximum absolute atomic E-state index is 12.3. The van der Waals surface area contributed by atoms with E-state index in [1.807, 2.05) is 0 Å². The van der Waals surface area contributed by atoms with Crippen LogP contribution in [-0.2, 0) is 6.42 Å². The summed E-state index contributed by atoms with van der Waals surface area (Å²) >= 11 is 0. The van der Waals surface area contributed by atoms with Crippen molar-refractivity contribution in [2.45, 2.75) is 12.8 Å². The van der Waals surface area contributed by atoms with Gasteiger partial charge in [-0.2, -0.15) is 0 Å². The lowest BCUT2D eigenvalue weighted by Gasteiger charge is -2.16. The Bertz CT molecular complexity index is 702. The molecule has 0 unspecified atom stereocenters. The van der Waals surface area contributed by atoms with Crippen molar-refractivity contribution in [1.82, 2.24) is 0 Å². The van der Waals surface area contributed by atoms with E-state index < -0.39 is 5.97 Å². The van der Waals surface area contributed by atoms with E-state index in [0.717, 1.165) is 13.0 Å². The summed E-state index contributed by atoms with van der Waals surface area (Å²) in [5.41, 5.74) is 0.981.